The molecule has 19 heavy (non-hydrogen) atoms. The molecule has 102 valence electrons. The Labute approximate surface area is 111 Å². The van der Waals surface area contributed by atoms with Gasteiger partial charge >= 0.3 is 0 Å². The van der Waals surface area contributed by atoms with Gasteiger partial charge in [0.1, 0.15) is 0 Å². The Morgan fingerprint density at radius 3 is 2.84 bits per heavy atom. The number of aliphatic hydroxyl groups excluding tert-OH is 2. The van der Waals surface area contributed by atoms with Crippen molar-refractivity contribution in [1.29, 1.82) is 0 Å². The van der Waals surface area contributed by atoms with Crippen molar-refractivity contribution < 1.29 is 15.0 Å². The molecule has 1 aliphatic carbocycles. The van der Waals surface area contributed by atoms with Gasteiger partial charge in [0.25, 0.3) is 0 Å². The molecule has 0 aromatic heterocycles. The van der Waals surface area contributed by atoms with Crippen molar-refractivity contribution in [1.82, 2.24) is 10.6 Å². The molecule has 1 amide bonds. The summed E-state index contributed by atoms with van der Waals surface area (Å²) in [7, 11) is 0. The Hall–Kier alpha value is -1.43. The molecule has 5 heteroatoms. The van der Waals surface area contributed by atoms with Crippen LogP contribution in [0.1, 0.15) is 23.6 Å². The number of benzene rings is 1. The Morgan fingerprint density at radius 1 is 1.32 bits per heavy atom. The van der Waals surface area contributed by atoms with Crippen LogP contribution in [-0.2, 0) is 11.2 Å². The number of amides is 1. The van der Waals surface area contributed by atoms with Crippen molar-refractivity contribution in [3.05, 3.63) is 35.4 Å². The minimum Gasteiger partial charge on any atom is -0.392 e. The number of aliphatic hydroxyl groups is 2. The number of carbonyl (C=O) groups is 1. The van der Waals surface area contributed by atoms with Crippen molar-refractivity contribution in [3.8, 4) is 0 Å². The number of hydrogen-bond donors (Lipinski definition) is 4. The lowest BCUT2D eigenvalue weighted by atomic mass is 10.1. The van der Waals surface area contributed by atoms with Crippen LogP contribution in [-0.4, -0.2) is 40.9 Å². The maximum absolute atomic E-state index is 12.1. The topological polar surface area (TPSA) is 81.6 Å². The van der Waals surface area contributed by atoms with Crippen LogP contribution in [0.15, 0.2) is 24.3 Å². The predicted octanol–water partition coefficient (Wildman–Crippen LogP) is -0.516. The Balaban J connectivity index is 1.71. The second-order valence-corrected chi connectivity index (χ2v) is 5.31. The first-order valence-corrected chi connectivity index (χ1v) is 6.63. The fraction of sp³-hybridized carbons (Fsp3) is 0.500. The highest BCUT2D eigenvalue weighted by Crippen LogP contribution is 2.31. The van der Waals surface area contributed by atoms with Crippen LogP contribution in [0.25, 0.3) is 0 Å². The minimum atomic E-state index is -0.576. The number of hydrogen-bond acceptors (Lipinski definition) is 4. The first-order valence-electron chi connectivity index (χ1n) is 6.63. The summed E-state index contributed by atoms with van der Waals surface area (Å²) in [5, 5.41) is 25.4. The molecule has 2 aliphatic rings. The lowest BCUT2D eigenvalue weighted by Gasteiger charge is -2.20. The van der Waals surface area contributed by atoms with Crippen LogP contribution in [0, 0.1) is 0 Å². The smallest absolute Gasteiger partial charge is 0.237 e. The lowest BCUT2D eigenvalue weighted by molar-refractivity contribution is -0.124. The molecule has 4 N–H and O–H groups in total. The van der Waals surface area contributed by atoms with E-state index in [1.165, 1.54) is 0 Å². The number of carbonyl (C=O) groups excluding carboxylic acids is 1. The number of rotatable bonds is 2. The van der Waals surface area contributed by atoms with E-state index in [4.69, 9.17) is 0 Å². The molecule has 0 radical (unpaired) electrons. The molecule has 1 aliphatic heterocycles. The van der Waals surface area contributed by atoms with Crippen LogP contribution in [0.5, 0.6) is 0 Å². The van der Waals surface area contributed by atoms with Gasteiger partial charge in [0.05, 0.1) is 24.3 Å². The SMILES string of the molecule is O=C(N[C@H]1c2ccccc2C[C@H]1O)[C@@H]1C[C@@H](O)CN1. The van der Waals surface area contributed by atoms with E-state index < -0.39 is 12.2 Å². The first kappa shape index (κ1) is 12.6. The largest absolute Gasteiger partial charge is 0.392 e. The van der Waals surface area contributed by atoms with Crippen LogP contribution in [0.2, 0.25) is 0 Å². The third-order valence-corrected chi connectivity index (χ3v) is 3.93. The molecule has 3 rings (SSSR count). The van der Waals surface area contributed by atoms with Gasteiger partial charge in [-0.3, -0.25) is 4.79 Å². The molecule has 0 bridgehead atoms. The van der Waals surface area contributed by atoms with Crippen LogP contribution >= 0.6 is 0 Å². The second-order valence-electron chi connectivity index (χ2n) is 5.31. The number of β-amino-alcohol motifs (C(OH)–C–C–N with tert-alkyl or cyclic N) is 1. The molecule has 1 heterocycles. The van der Waals surface area contributed by atoms with Gasteiger partial charge in [-0.1, -0.05) is 24.3 Å². The Morgan fingerprint density at radius 2 is 2.11 bits per heavy atom. The lowest BCUT2D eigenvalue weighted by Crippen LogP contribution is -2.44. The Bertz CT molecular complexity index is 491. The standard InChI is InChI=1S/C14H18N2O3/c17-9-6-11(15-7-9)14(19)16-13-10-4-2-1-3-8(10)5-12(13)18/h1-4,9,11-13,15,17-18H,5-7H2,(H,16,19)/t9-,11+,12-,13+/m1/s1. The van der Waals surface area contributed by atoms with Gasteiger partial charge in [-0.15, -0.1) is 0 Å². The molecule has 0 unspecified atom stereocenters. The van der Waals surface area contributed by atoms with Gasteiger partial charge < -0.3 is 20.8 Å². The van der Waals surface area contributed by atoms with E-state index in [2.05, 4.69) is 10.6 Å². The third-order valence-electron chi connectivity index (χ3n) is 3.93. The molecule has 1 aromatic carbocycles. The van der Waals surface area contributed by atoms with Gasteiger partial charge in [-0.05, 0) is 17.5 Å². The second kappa shape index (κ2) is 4.92. The monoisotopic (exact) mass is 262 g/mol. The number of nitrogens with one attached hydrogen (secondary N) is 2. The Kier molecular flexibility index (Phi) is 3.26. The molecule has 4 atom stereocenters. The normalized spacial score (nSPS) is 33.2. The summed E-state index contributed by atoms with van der Waals surface area (Å²) in [6.45, 7) is 0.446. The van der Waals surface area contributed by atoms with E-state index >= 15 is 0 Å². The summed E-state index contributed by atoms with van der Waals surface area (Å²) in [5.41, 5.74) is 2.07. The molecular formula is C14H18N2O3. The predicted molar refractivity (Wildman–Crippen MR) is 69.5 cm³/mol. The summed E-state index contributed by atoms with van der Waals surface area (Å²) in [5.74, 6) is -0.155. The van der Waals surface area contributed by atoms with Crippen molar-refractivity contribution in [3.63, 3.8) is 0 Å². The average molecular weight is 262 g/mol. The molecule has 1 fully saturated rings. The maximum Gasteiger partial charge on any atom is 0.237 e. The summed E-state index contributed by atoms with van der Waals surface area (Å²) < 4.78 is 0. The van der Waals surface area contributed by atoms with Gasteiger partial charge in [0, 0.05) is 13.0 Å². The summed E-state index contributed by atoms with van der Waals surface area (Å²) in [6, 6.07) is 7.05. The van der Waals surface area contributed by atoms with E-state index in [1.807, 2.05) is 24.3 Å². The number of fused-ring (bicyclic) bond motifs is 1. The molecule has 5 nitrogen and oxygen atoms in total. The minimum absolute atomic E-state index is 0.155. The van der Waals surface area contributed by atoms with E-state index in [0.29, 0.717) is 19.4 Å². The van der Waals surface area contributed by atoms with Gasteiger partial charge in [-0.25, -0.2) is 0 Å². The molecule has 0 spiro atoms. The highest BCUT2D eigenvalue weighted by molar-refractivity contribution is 5.82. The van der Waals surface area contributed by atoms with Crippen LogP contribution < -0.4 is 10.6 Å². The van der Waals surface area contributed by atoms with Crippen molar-refractivity contribution in [2.45, 2.75) is 37.1 Å². The quantitative estimate of drug-likeness (QED) is 0.578. The zero-order valence-corrected chi connectivity index (χ0v) is 10.5. The average Bonchev–Trinajstić information content (AvgIpc) is 2.95. The third kappa shape index (κ3) is 2.36. The van der Waals surface area contributed by atoms with E-state index in [0.717, 1.165) is 11.1 Å². The zero-order valence-electron chi connectivity index (χ0n) is 10.5. The van der Waals surface area contributed by atoms with E-state index in [1.54, 1.807) is 0 Å². The van der Waals surface area contributed by atoms with Crippen LogP contribution in [0.4, 0.5) is 0 Å². The fourth-order valence-electron chi connectivity index (χ4n) is 2.92. The van der Waals surface area contributed by atoms with Gasteiger partial charge in [0.15, 0.2) is 0 Å². The summed E-state index contributed by atoms with van der Waals surface area (Å²) in [6.07, 6.45) is -0.0396. The molecule has 1 aromatic rings. The van der Waals surface area contributed by atoms with Crippen molar-refractivity contribution >= 4 is 5.91 Å². The van der Waals surface area contributed by atoms with Crippen molar-refractivity contribution in [2.75, 3.05) is 6.54 Å². The molecular weight excluding hydrogens is 244 g/mol. The summed E-state index contributed by atoms with van der Waals surface area (Å²) >= 11 is 0. The van der Waals surface area contributed by atoms with Crippen molar-refractivity contribution in [2.24, 2.45) is 0 Å². The summed E-state index contributed by atoms with van der Waals surface area (Å²) in [4.78, 5) is 12.1. The van der Waals surface area contributed by atoms with E-state index in [9.17, 15) is 15.0 Å². The maximum atomic E-state index is 12.1. The van der Waals surface area contributed by atoms with E-state index in [-0.39, 0.29) is 18.0 Å². The van der Waals surface area contributed by atoms with Crippen LogP contribution in [0.3, 0.4) is 0 Å². The molecule has 1 saturated heterocycles. The highest BCUT2D eigenvalue weighted by Gasteiger charge is 2.35. The molecule has 0 saturated carbocycles. The van der Waals surface area contributed by atoms with Gasteiger partial charge in [0.2, 0.25) is 5.91 Å². The van der Waals surface area contributed by atoms with Gasteiger partial charge in [-0.2, -0.15) is 0 Å². The fourth-order valence-corrected chi connectivity index (χ4v) is 2.92. The highest BCUT2D eigenvalue weighted by atomic mass is 16.3. The first-order chi connectivity index (χ1) is 9.15. The zero-order chi connectivity index (χ0) is 13.4.